The van der Waals surface area contributed by atoms with Crippen LogP contribution in [0.25, 0.3) is 0 Å². The molecule has 0 aliphatic carbocycles. The number of piperidine rings is 1. The third kappa shape index (κ3) is 3.56. The second kappa shape index (κ2) is 7.65. The van der Waals surface area contributed by atoms with Crippen LogP contribution in [0.1, 0.15) is 56.4 Å². The third-order valence-corrected chi connectivity index (χ3v) is 5.27. The highest BCUT2D eigenvalue weighted by Crippen LogP contribution is 2.35. The van der Waals surface area contributed by atoms with E-state index in [-0.39, 0.29) is 30.1 Å². The number of likely N-dealkylation sites (tertiary alicyclic amines) is 2. The Balaban J connectivity index is 1.65. The standard InChI is InChI=1S/C18H27N3O5/c1-3-4-10-25-17(23)21-8-5-6-13(12-21)14-11-15(26-19-14)18(24)7-9-20(2)16(18)22/h11,13,24H,3-10,12H2,1-2H3/t13?,18-/m1/s1. The lowest BCUT2D eigenvalue weighted by Crippen LogP contribution is -2.39. The average molecular weight is 365 g/mol. The summed E-state index contributed by atoms with van der Waals surface area (Å²) < 4.78 is 10.6. The molecule has 8 nitrogen and oxygen atoms in total. The van der Waals surface area contributed by atoms with Gasteiger partial charge in [-0.1, -0.05) is 18.5 Å². The van der Waals surface area contributed by atoms with Crippen molar-refractivity contribution < 1.29 is 24.0 Å². The van der Waals surface area contributed by atoms with Gasteiger partial charge in [0.25, 0.3) is 5.91 Å². The van der Waals surface area contributed by atoms with Gasteiger partial charge in [-0.15, -0.1) is 0 Å². The van der Waals surface area contributed by atoms with Gasteiger partial charge in [-0.3, -0.25) is 4.79 Å². The van der Waals surface area contributed by atoms with Gasteiger partial charge >= 0.3 is 6.09 Å². The summed E-state index contributed by atoms with van der Waals surface area (Å²) >= 11 is 0. The number of hydrogen-bond donors (Lipinski definition) is 1. The smallest absolute Gasteiger partial charge is 0.409 e. The van der Waals surface area contributed by atoms with Crippen molar-refractivity contribution in [2.75, 3.05) is 33.3 Å². The molecule has 2 fully saturated rings. The number of rotatable bonds is 5. The van der Waals surface area contributed by atoms with E-state index in [0.29, 0.717) is 31.9 Å². The van der Waals surface area contributed by atoms with Crippen LogP contribution in [0.3, 0.4) is 0 Å². The molecule has 2 aliphatic heterocycles. The fraction of sp³-hybridized carbons (Fsp3) is 0.722. The summed E-state index contributed by atoms with van der Waals surface area (Å²) in [5.74, 6) is -0.174. The Morgan fingerprint density at radius 3 is 3.00 bits per heavy atom. The molecule has 2 amide bonds. The minimum atomic E-state index is -1.63. The molecule has 1 N–H and O–H groups in total. The van der Waals surface area contributed by atoms with Crippen molar-refractivity contribution in [3.63, 3.8) is 0 Å². The Morgan fingerprint density at radius 1 is 1.50 bits per heavy atom. The second-order valence-electron chi connectivity index (χ2n) is 7.21. The van der Waals surface area contributed by atoms with Crippen molar-refractivity contribution in [3.05, 3.63) is 17.5 Å². The van der Waals surface area contributed by atoms with Crippen molar-refractivity contribution in [2.24, 2.45) is 0 Å². The van der Waals surface area contributed by atoms with Crippen molar-refractivity contribution in [1.82, 2.24) is 15.0 Å². The minimum absolute atomic E-state index is 0.0119. The van der Waals surface area contributed by atoms with Crippen LogP contribution >= 0.6 is 0 Å². The van der Waals surface area contributed by atoms with Gasteiger partial charge in [-0.25, -0.2) is 4.79 Å². The Kier molecular flexibility index (Phi) is 5.50. The molecular formula is C18H27N3O5. The summed E-state index contributed by atoms with van der Waals surface area (Å²) in [6, 6.07) is 1.66. The Morgan fingerprint density at radius 2 is 2.31 bits per heavy atom. The lowest BCUT2D eigenvalue weighted by atomic mass is 9.92. The summed E-state index contributed by atoms with van der Waals surface area (Å²) in [5, 5.41) is 14.7. The zero-order valence-corrected chi connectivity index (χ0v) is 15.4. The summed E-state index contributed by atoms with van der Waals surface area (Å²) in [7, 11) is 1.65. The van der Waals surface area contributed by atoms with E-state index in [2.05, 4.69) is 5.16 Å². The molecule has 1 aromatic heterocycles. The zero-order valence-electron chi connectivity index (χ0n) is 15.4. The van der Waals surface area contributed by atoms with Gasteiger partial charge < -0.3 is 24.2 Å². The first-order valence-electron chi connectivity index (χ1n) is 9.32. The maximum atomic E-state index is 12.2. The van der Waals surface area contributed by atoms with E-state index in [9.17, 15) is 14.7 Å². The number of ether oxygens (including phenoxy) is 1. The molecule has 0 radical (unpaired) electrons. The van der Waals surface area contributed by atoms with Crippen LogP contribution in [0.15, 0.2) is 10.6 Å². The Labute approximate surface area is 153 Å². The summed E-state index contributed by atoms with van der Waals surface area (Å²) in [6.45, 7) is 4.13. The molecule has 144 valence electrons. The number of carbonyl (C=O) groups excluding carboxylic acids is 2. The number of unbranched alkanes of at least 4 members (excludes halogenated alkanes) is 1. The van der Waals surface area contributed by atoms with Crippen LogP contribution in [-0.2, 0) is 15.1 Å². The molecule has 3 rings (SSSR count). The van der Waals surface area contributed by atoms with E-state index in [1.807, 2.05) is 6.92 Å². The number of aromatic nitrogens is 1. The molecule has 0 aromatic carbocycles. The predicted molar refractivity (Wildman–Crippen MR) is 92.5 cm³/mol. The molecule has 0 saturated carbocycles. The third-order valence-electron chi connectivity index (χ3n) is 5.27. The van der Waals surface area contributed by atoms with Crippen LogP contribution < -0.4 is 0 Å². The van der Waals surface area contributed by atoms with Gasteiger partial charge in [0.1, 0.15) is 0 Å². The molecule has 1 unspecified atom stereocenters. The van der Waals surface area contributed by atoms with Crippen LogP contribution in [0.4, 0.5) is 4.79 Å². The quantitative estimate of drug-likeness (QED) is 0.800. The highest BCUT2D eigenvalue weighted by Gasteiger charge is 2.48. The average Bonchev–Trinajstić information content (AvgIpc) is 3.24. The van der Waals surface area contributed by atoms with E-state index in [1.165, 1.54) is 4.90 Å². The first-order valence-corrected chi connectivity index (χ1v) is 9.32. The maximum absolute atomic E-state index is 12.2. The molecule has 8 heteroatoms. The first kappa shape index (κ1) is 18.7. The van der Waals surface area contributed by atoms with Crippen LogP contribution in [0.5, 0.6) is 0 Å². The Bertz CT molecular complexity index is 661. The van der Waals surface area contributed by atoms with Gasteiger partial charge in [0.15, 0.2) is 5.76 Å². The molecule has 2 saturated heterocycles. The Hall–Kier alpha value is -2.09. The number of carbonyl (C=O) groups is 2. The van der Waals surface area contributed by atoms with Gasteiger partial charge in [-0.2, -0.15) is 0 Å². The highest BCUT2D eigenvalue weighted by molar-refractivity contribution is 5.87. The predicted octanol–water partition coefficient (Wildman–Crippen LogP) is 1.84. The molecule has 0 bridgehead atoms. The molecule has 3 heterocycles. The molecular weight excluding hydrogens is 338 g/mol. The summed E-state index contributed by atoms with van der Waals surface area (Å²) in [4.78, 5) is 27.5. The lowest BCUT2D eigenvalue weighted by Gasteiger charge is -2.31. The van der Waals surface area contributed by atoms with Crippen molar-refractivity contribution >= 4 is 12.0 Å². The molecule has 2 aliphatic rings. The second-order valence-corrected chi connectivity index (χ2v) is 7.21. The molecule has 26 heavy (non-hydrogen) atoms. The molecule has 2 atom stereocenters. The van der Waals surface area contributed by atoms with Crippen molar-refractivity contribution in [1.29, 1.82) is 0 Å². The molecule has 1 aromatic rings. The first-order chi connectivity index (χ1) is 12.5. The normalized spacial score (nSPS) is 26.4. The lowest BCUT2D eigenvalue weighted by molar-refractivity contribution is -0.144. The molecule has 0 spiro atoms. The fourth-order valence-corrected chi connectivity index (χ4v) is 3.54. The van der Waals surface area contributed by atoms with Gasteiger partial charge in [0.05, 0.1) is 12.3 Å². The summed E-state index contributed by atoms with van der Waals surface area (Å²) in [5.41, 5.74) is -0.963. The van der Waals surface area contributed by atoms with Crippen molar-refractivity contribution in [2.45, 2.75) is 50.5 Å². The number of aliphatic hydroxyl groups is 1. The van der Waals surface area contributed by atoms with Crippen molar-refractivity contribution in [3.8, 4) is 0 Å². The summed E-state index contributed by atoms with van der Waals surface area (Å²) in [6.07, 6.45) is 3.56. The highest BCUT2D eigenvalue weighted by atomic mass is 16.6. The van der Waals surface area contributed by atoms with E-state index in [1.54, 1.807) is 18.0 Å². The number of nitrogens with zero attached hydrogens (tertiary/aromatic N) is 3. The fourth-order valence-electron chi connectivity index (χ4n) is 3.54. The topological polar surface area (TPSA) is 96.1 Å². The number of hydrogen-bond acceptors (Lipinski definition) is 6. The van der Waals surface area contributed by atoms with Crippen LogP contribution in [-0.4, -0.2) is 65.4 Å². The van der Waals surface area contributed by atoms with Crippen LogP contribution in [0, 0.1) is 0 Å². The van der Waals surface area contributed by atoms with Gasteiger partial charge in [0, 0.05) is 45.1 Å². The van der Waals surface area contributed by atoms with E-state index >= 15 is 0 Å². The van der Waals surface area contributed by atoms with Gasteiger partial charge in [-0.05, 0) is 19.3 Å². The van der Waals surface area contributed by atoms with Gasteiger partial charge in [0.2, 0.25) is 5.60 Å². The van der Waals surface area contributed by atoms with Crippen LogP contribution in [0.2, 0.25) is 0 Å². The largest absolute Gasteiger partial charge is 0.449 e. The van der Waals surface area contributed by atoms with E-state index < -0.39 is 5.60 Å². The zero-order chi connectivity index (χ0) is 18.7. The number of likely N-dealkylation sites (N-methyl/N-ethyl adjacent to an activating group) is 1. The maximum Gasteiger partial charge on any atom is 0.409 e. The minimum Gasteiger partial charge on any atom is -0.449 e. The van der Waals surface area contributed by atoms with E-state index in [0.717, 1.165) is 25.7 Å². The van der Waals surface area contributed by atoms with E-state index in [4.69, 9.17) is 9.26 Å². The monoisotopic (exact) mass is 365 g/mol. The SMILES string of the molecule is CCCCOC(=O)N1CCCC(c2cc([C@]3(O)CCN(C)C3=O)on2)C1. The number of amides is 2.